The summed E-state index contributed by atoms with van der Waals surface area (Å²) in [6.45, 7) is 0.642. The molecule has 3 heteroatoms. The van der Waals surface area contributed by atoms with Gasteiger partial charge >= 0.3 is 0 Å². The fourth-order valence-corrected chi connectivity index (χ4v) is 3.99. The van der Waals surface area contributed by atoms with E-state index in [4.69, 9.17) is 4.74 Å². The highest BCUT2D eigenvalue weighted by molar-refractivity contribution is 7.13. The van der Waals surface area contributed by atoms with Crippen LogP contribution in [-0.4, -0.2) is 11.9 Å². The molecule has 1 saturated carbocycles. The van der Waals surface area contributed by atoms with E-state index in [2.05, 4.69) is 41.8 Å². The molecule has 22 heavy (non-hydrogen) atoms. The van der Waals surface area contributed by atoms with Crippen LogP contribution in [-0.2, 0) is 16.1 Å². The van der Waals surface area contributed by atoms with E-state index in [1.165, 1.54) is 28.8 Å². The van der Waals surface area contributed by atoms with E-state index in [0.717, 1.165) is 25.5 Å². The van der Waals surface area contributed by atoms with Crippen molar-refractivity contribution < 1.29 is 9.53 Å². The van der Waals surface area contributed by atoms with E-state index < -0.39 is 0 Å². The highest BCUT2D eigenvalue weighted by Gasteiger charge is 2.34. The predicted molar refractivity (Wildman–Crippen MR) is 91.0 cm³/mol. The normalized spacial score (nSPS) is 16.7. The molecule has 2 aromatic rings. The van der Waals surface area contributed by atoms with Crippen molar-refractivity contribution in [2.24, 2.45) is 0 Å². The van der Waals surface area contributed by atoms with Crippen LogP contribution in [0.5, 0.6) is 0 Å². The molecule has 1 aliphatic rings. The third-order valence-corrected chi connectivity index (χ3v) is 5.46. The zero-order valence-corrected chi connectivity index (χ0v) is 13.6. The molecule has 0 atom stereocenters. The molecule has 0 bridgehead atoms. The zero-order valence-electron chi connectivity index (χ0n) is 12.8. The average molecular weight is 314 g/mol. The lowest BCUT2D eigenvalue weighted by molar-refractivity contribution is -0.110. The molecule has 0 spiro atoms. The Morgan fingerprint density at radius 1 is 1.14 bits per heavy atom. The van der Waals surface area contributed by atoms with Gasteiger partial charge in [0.1, 0.15) is 6.29 Å². The molecular weight excluding hydrogens is 292 g/mol. The summed E-state index contributed by atoms with van der Waals surface area (Å²) in [5, 5.41) is 2.10. The van der Waals surface area contributed by atoms with Gasteiger partial charge in [0.05, 0.1) is 12.2 Å². The second kappa shape index (κ2) is 7.21. The average Bonchev–Trinajstić information content (AvgIpc) is 3.24. The van der Waals surface area contributed by atoms with E-state index in [9.17, 15) is 4.79 Å². The van der Waals surface area contributed by atoms with Gasteiger partial charge in [0.15, 0.2) is 0 Å². The summed E-state index contributed by atoms with van der Waals surface area (Å²) in [4.78, 5) is 12.0. The van der Waals surface area contributed by atoms with Crippen LogP contribution in [0.1, 0.15) is 44.1 Å². The second-order valence-electron chi connectivity index (χ2n) is 6.06. The van der Waals surface area contributed by atoms with Gasteiger partial charge in [-0.25, -0.2) is 0 Å². The Labute approximate surface area is 136 Å². The van der Waals surface area contributed by atoms with Crippen LogP contribution in [0.2, 0.25) is 0 Å². The summed E-state index contributed by atoms with van der Waals surface area (Å²) >= 11 is 1.76. The largest absolute Gasteiger partial charge is 0.370 e. The van der Waals surface area contributed by atoms with Crippen LogP contribution >= 0.6 is 11.3 Å². The maximum atomic E-state index is 10.7. The molecule has 2 nitrogen and oxygen atoms in total. The first-order valence-electron chi connectivity index (χ1n) is 8.02. The highest BCUT2D eigenvalue weighted by Crippen LogP contribution is 2.37. The van der Waals surface area contributed by atoms with Crippen molar-refractivity contribution in [1.29, 1.82) is 0 Å². The number of carbonyl (C=O) groups excluding carboxylic acids is 1. The molecule has 0 radical (unpaired) electrons. The first-order chi connectivity index (χ1) is 10.8. The van der Waals surface area contributed by atoms with Gasteiger partial charge in [-0.3, -0.25) is 0 Å². The molecule has 1 aromatic carbocycles. The van der Waals surface area contributed by atoms with Gasteiger partial charge in [-0.15, -0.1) is 11.3 Å². The Bertz CT molecular complexity index is 580. The van der Waals surface area contributed by atoms with Gasteiger partial charge in [-0.2, -0.15) is 0 Å². The molecule has 1 heterocycles. The maximum absolute atomic E-state index is 10.7. The minimum atomic E-state index is -0.0622. The highest BCUT2D eigenvalue weighted by atomic mass is 32.1. The first-order valence-corrected chi connectivity index (χ1v) is 8.90. The summed E-state index contributed by atoms with van der Waals surface area (Å²) < 4.78 is 6.25. The maximum Gasteiger partial charge on any atom is 0.120 e. The van der Waals surface area contributed by atoms with Crippen molar-refractivity contribution >= 4 is 17.6 Å². The van der Waals surface area contributed by atoms with Crippen molar-refractivity contribution in [3.05, 3.63) is 47.3 Å². The van der Waals surface area contributed by atoms with Crippen LogP contribution < -0.4 is 0 Å². The number of benzene rings is 1. The molecule has 0 aliphatic heterocycles. The number of rotatable bonds is 7. The van der Waals surface area contributed by atoms with E-state index in [0.29, 0.717) is 13.0 Å². The SMILES string of the molecule is O=CCCC1(OCc2ccc(-c3cccs3)cc2)CCCC1. The quantitative estimate of drug-likeness (QED) is 0.655. The van der Waals surface area contributed by atoms with Crippen molar-refractivity contribution in [3.63, 3.8) is 0 Å². The molecule has 1 aliphatic carbocycles. The lowest BCUT2D eigenvalue weighted by Gasteiger charge is -2.29. The number of carbonyl (C=O) groups is 1. The zero-order chi connectivity index (χ0) is 15.3. The van der Waals surface area contributed by atoms with Crippen molar-refractivity contribution in [3.8, 4) is 10.4 Å². The smallest absolute Gasteiger partial charge is 0.120 e. The fraction of sp³-hybridized carbons (Fsp3) is 0.421. The molecule has 1 aromatic heterocycles. The molecule has 0 amide bonds. The Morgan fingerprint density at radius 2 is 1.91 bits per heavy atom. The minimum absolute atomic E-state index is 0.0622. The second-order valence-corrected chi connectivity index (χ2v) is 7.01. The van der Waals surface area contributed by atoms with Gasteiger partial charge < -0.3 is 9.53 Å². The molecule has 0 unspecified atom stereocenters. The van der Waals surface area contributed by atoms with Gasteiger partial charge in [0.2, 0.25) is 0 Å². The Kier molecular flexibility index (Phi) is 5.06. The summed E-state index contributed by atoms with van der Waals surface area (Å²) in [6, 6.07) is 12.8. The number of hydrogen-bond acceptors (Lipinski definition) is 3. The van der Waals surface area contributed by atoms with Crippen LogP contribution in [0, 0.1) is 0 Å². The van der Waals surface area contributed by atoms with Crippen LogP contribution in [0.15, 0.2) is 41.8 Å². The Balaban J connectivity index is 1.61. The third kappa shape index (κ3) is 3.65. The van der Waals surface area contributed by atoms with Crippen LogP contribution in [0.25, 0.3) is 10.4 Å². The topological polar surface area (TPSA) is 26.3 Å². The minimum Gasteiger partial charge on any atom is -0.370 e. The molecule has 3 rings (SSSR count). The van der Waals surface area contributed by atoms with E-state index >= 15 is 0 Å². The van der Waals surface area contributed by atoms with Gasteiger partial charge in [0, 0.05) is 11.3 Å². The number of ether oxygens (including phenoxy) is 1. The Morgan fingerprint density at radius 3 is 2.55 bits per heavy atom. The molecular formula is C19H22O2S. The molecule has 0 saturated heterocycles. The molecule has 116 valence electrons. The fourth-order valence-electron chi connectivity index (χ4n) is 3.25. The van der Waals surface area contributed by atoms with E-state index in [-0.39, 0.29) is 5.60 Å². The van der Waals surface area contributed by atoms with Crippen LogP contribution in [0.3, 0.4) is 0 Å². The lowest BCUT2D eigenvalue weighted by Crippen LogP contribution is -2.28. The van der Waals surface area contributed by atoms with Crippen molar-refractivity contribution in [2.45, 2.75) is 50.7 Å². The van der Waals surface area contributed by atoms with Gasteiger partial charge in [0.25, 0.3) is 0 Å². The third-order valence-electron chi connectivity index (χ3n) is 4.54. The van der Waals surface area contributed by atoms with Crippen LogP contribution in [0.4, 0.5) is 0 Å². The van der Waals surface area contributed by atoms with E-state index in [1.54, 1.807) is 11.3 Å². The summed E-state index contributed by atoms with van der Waals surface area (Å²) in [5.41, 5.74) is 2.40. The standard InChI is InChI=1S/C19H22O2S/c20-13-4-12-19(10-1-2-11-19)21-15-16-6-8-17(9-7-16)18-5-3-14-22-18/h3,5-9,13-14H,1-2,4,10-12,15H2. The Hall–Kier alpha value is -1.45. The predicted octanol–water partition coefficient (Wildman–Crippen LogP) is 5.22. The molecule has 1 fully saturated rings. The monoisotopic (exact) mass is 314 g/mol. The first kappa shape index (κ1) is 15.4. The number of thiophene rings is 1. The summed E-state index contributed by atoms with van der Waals surface area (Å²) in [5.74, 6) is 0. The number of hydrogen-bond donors (Lipinski definition) is 0. The van der Waals surface area contributed by atoms with Gasteiger partial charge in [-0.1, -0.05) is 43.2 Å². The lowest BCUT2D eigenvalue weighted by atomic mass is 9.96. The molecule has 0 N–H and O–H groups in total. The van der Waals surface area contributed by atoms with Gasteiger partial charge in [-0.05, 0) is 41.8 Å². The summed E-state index contributed by atoms with van der Waals surface area (Å²) in [7, 11) is 0. The number of aldehydes is 1. The van der Waals surface area contributed by atoms with E-state index in [1.807, 2.05) is 0 Å². The summed E-state index contributed by atoms with van der Waals surface area (Å²) in [6.07, 6.45) is 7.11. The van der Waals surface area contributed by atoms with Crippen molar-refractivity contribution in [2.75, 3.05) is 0 Å². The van der Waals surface area contributed by atoms with Crippen molar-refractivity contribution in [1.82, 2.24) is 0 Å².